The van der Waals surface area contributed by atoms with E-state index in [1.807, 2.05) is 25.4 Å². The second-order valence-electron chi connectivity index (χ2n) is 9.55. The maximum atomic E-state index is 12.1. The number of hydrogen-bond donors (Lipinski definition) is 3. The molecule has 0 aliphatic carbocycles. The lowest BCUT2D eigenvalue weighted by Gasteiger charge is -2.10. The van der Waals surface area contributed by atoms with E-state index in [1.165, 1.54) is 12.4 Å². The SMILES string of the molecule is CCNC(O)Cn1cc(-c2cn(C(C)C)c3cc(Nc4ccnc(-c5cnn(S(=O)(=O)CC)c5)n4)ncc23)cn1. The molecule has 0 spiro atoms. The van der Waals surface area contributed by atoms with E-state index in [1.54, 1.807) is 30.1 Å². The van der Waals surface area contributed by atoms with Crippen LogP contribution in [0.1, 0.15) is 33.7 Å². The molecule has 3 N–H and O–H groups in total. The molecule has 210 valence electrons. The van der Waals surface area contributed by atoms with Crippen LogP contribution in [0, 0.1) is 0 Å². The number of likely N-dealkylation sites (N-methyl/N-ethyl adjacent to an activating group) is 1. The van der Waals surface area contributed by atoms with Gasteiger partial charge in [0, 0.05) is 53.4 Å². The summed E-state index contributed by atoms with van der Waals surface area (Å²) in [6.45, 7) is 8.74. The number of aliphatic hydroxyl groups is 1. The van der Waals surface area contributed by atoms with Crippen LogP contribution in [0.15, 0.2) is 55.5 Å². The van der Waals surface area contributed by atoms with E-state index in [9.17, 15) is 13.5 Å². The molecule has 0 bridgehead atoms. The zero-order valence-corrected chi connectivity index (χ0v) is 23.5. The van der Waals surface area contributed by atoms with Crippen LogP contribution in [0.25, 0.3) is 33.4 Å². The molecule has 14 heteroatoms. The van der Waals surface area contributed by atoms with Gasteiger partial charge in [0.1, 0.15) is 17.9 Å². The zero-order valence-electron chi connectivity index (χ0n) is 22.7. The van der Waals surface area contributed by atoms with Crippen LogP contribution in [0.2, 0.25) is 0 Å². The van der Waals surface area contributed by atoms with E-state index in [-0.39, 0.29) is 11.8 Å². The molecule has 0 aliphatic heterocycles. The van der Waals surface area contributed by atoms with Crippen molar-refractivity contribution in [1.29, 1.82) is 0 Å². The molecular weight excluding hydrogens is 532 g/mol. The topological polar surface area (TPSA) is 158 Å². The highest BCUT2D eigenvalue weighted by atomic mass is 32.2. The van der Waals surface area contributed by atoms with Crippen molar-refractivity contribution in [1.82, 2.24) is 43.8 Å². The number of pyridine rings is 1. The molecule has 1 atom stereocenters. The summed E-state index contributed by atoms with van der Waals surface area (Å²) < 4.78 is 29.1. The van der Waals surface area contributed by atoms with E-state index in [0.29, 0.717) is 36.1 Å². The van der Waals surface area contributed by atoms with Crippen LogP contribution < -0.4 is 10.6 Å². The fraction of sp³-hybridized carbons (Fsp3) is 0.346. The van der Waals surface area contributed by atoms with Crippen molar-refractivity contribution in [2.24, 2.45) is 0 Å². The lowest BCUT2D eigenvalue weighted by atomic mass is 10.1. The van der Waals surface area contributed by atoms with Gasteiger partial charge in [-0.1, -0.05) is 6.92 Å². The maximum absolute atomic E-state index is 12.1. The predicted molar refractivity (Wildman–Crippen MR) is 152 cm³/mol. The normalized spacial score (nSPS) is 12.8. The van der Waals surface area contributed by atoms with Crippen molar-refractivity contribution in [3.8, 4) is 22.5 Å². The first-order valence-electron chi connectivity index (χ1n) is 13.0. The second-order valence-corrected chi connectivity index (χ2v) is 11.7. The van der Waals surface area contributed by atoms with Gasteiger partial charge in [-0.3, -0.25) is 10.00 Å². The number of aromatic nitrogens is 8. The lowest BCUT2D eigenvalue weighted by Crippen LogP contribution is -2.32. The molecule has 0 fully saturated rings. The van der Waals surface area contributed by atoms with Crippen LogP contribution >= 0.6 is 0 Å². The Labute approximate surface area is 232 Å². The predicted octanol–water partition coefficient (Wildman–Crippen LogP) is 3.00. The fourth-order valence-corrected chi connectivity index (χ4v) is 5.08. The standard InChI is InChI=1S/C26H32N10O3S/c1-5-27-25(37)16-34-13-18(10-30-34)21-15-35(17(3)4)22-9-24(29-12-20(21)22)32-23-7-8-28-26(33-23)19-11-31-36(14-19)40(38,39)6-2/h7-15,17,25,27,37H,5-6,16H2,1-4H3,(H,28,29,32,33). The summed E-state index contributed by atoms with van der Waals surface area (Å²) in [5.74, 6) is 1.38. The minimum atomic E-state index is -3.50. The smallest absolute Gasteiger partial charge is 0.253 e. The molecule has 5 aromatic heterocycles. The van der Waals surface area contributed by atoms with Crippen LogP contribution in [0.3, 0.4) is 0 Å². The van der Waals surface area contributed by atoms with Gasteiger partial charge in [-0.2, -0.15) is 14.3 Å². The van der Waals surface area contributed by atoms with Gasteiger partial charge in [0.25, 0.3) is 10.0 Å². The number of rotatable bonds is 11. The Morgan fingerprint density at radius 1 is 1.00 bits per heavy atom. The number of aliphatic hydroxyl groups excluding tert-OH is 1. The molecule has 5 heterocycles. The quantitative estimate of drug-likeness (QED) is 0.204. The molecule has 0 amide bonds. The molecule has 40 heavy (non-hydrogen) atoms. The first-order chi connectivity index (χ1) is 19.2. The average Bonchev–Trinajstić information content (AvgIpc) is 3.68. The van der Waals surface area contributed by atoms with Crippen LogP contribution in [-0.2, 0) is 16.6 Å². The van der Waals surface area contributed by atoms with Crippen molar-refractivity contribution in [3.63, 3.8) is 0 Å². The third kappa shape index (κ3) is 5.59. The highest BCUT2D eigenvalue weighted by Crippen LogP contribution is 2.33. The third-order valence-corrected chi connectivity index (χ3v) is 7.90. The number of hydrogen-bond acceptors (Lipinski definition) is 10. The summed E-state index contributed by atoms with van der Waals surface area (Å²) in [4.78, 5) is 13.4. The minimum absolute atomic E-state index is 0.0631. The van der Waals surface area contributed by atoms with Gasteiger partial charge in [0.2, 0.25) is 0 Å². The van der Waals surface area contributed by atoms with Crippen LogP contribution in [0.5, 0.6) is 0 Å². The van der Waals surface area contributed by atoms with Crippen molar-refractivity contribution >= 4 is 32.6 Å². The van der Waals surface area contributed by atoms with Gasteiger partial charge >= 0.3 is 0 Å². The average molecular weight is 565 g/mol. The molecule has 13 nitrogen and oxygen atoms in total. The van der Waals surface area contributed by atoms with Crippen molar-refractivity contribution in [2.45, 2.75) is 46.5 Å². The third-order valence-electron chi connectivity index (χ3n) is 6.40. The number of fused-ring (bicyclic) bond motifs is 1. The Balaban J connectivity index is 1.43. The van der Waals surface area contributed by atoms with Crippen LogP contribution in [-0.4, -0.2) is 70.5 Å². The number of anilines is 2. The number of nitrogens with zero attached hydrogens (tertiary/aromatic N) is 8. The minimum Gasteiger partial charge on any atom is -0.377 e. The van der Waals surface area contributed by atoms with Gasteiger partial charge < -0.3 is 15.0 Å². The molecule has 0 aromatic carbocycles. The summed E-state index contributed by atoms with van der Waals surface area (Å²) in [5, 5.41) is 25.6. The lowest BCUT2D eigenvalue weighted by molar-refractivity contribution is 0.116. The Kier molecular flexibility index (Phi) is 7.65. The molecule has 0 saturated carbocycles. The summed E-state index contributed by atoms with van der Waals surface area (Å²) in [6, 6.07) is 3.87. The highest BCUT2D eigenvalue weighted by Gasteiger charge is 2.17. The monoisotopic (exact) mass is 564 g/mol. The Morgan fingerprint density at radius 2 is 1.80 bits per heavy atom. The summed E-state index contributed by atoms with van der Waals surface area (Å²) in [6.07, 6.45) is 11.4. The molecule has 0 aliphatic rings. The Bertz CT molecular complexity index is 1740. The maximum Gasteiger partial charge on any atom is 0.253 e. The largest absolute Gasteiger partial charge is 0.377 e. The molecule has 1 unspecified atom stereocenters. The van der Waals surface area contributed by atoms with E-state index in [0.717, 1.165) is 26.1 Å². The van der Waals surface area contributed by atoms with Gasteiger partial charge in [-0.25, -0.2) is 23.4 Å². The highest BCUT2D eigenvalue weighted by molar-refractivity contribution is 7.89. The van der Waals surface area contributed by atoms with Gasteiger partial charge in [-0.05, 0) is 33.4 Å². The van der Waals surface area contributed by atoms with E-state index < -0.39 is 16.3 Å². The number of nitrogens with one attached hydrogen (secondary N) is 2. The molecule has 5 rings (SSSR count). The fourth-order valence-electron chi connectivity index (χ4n) is 4.35. The molecule has 0 saturated heterocycles. The van der Waals surface area contributed by atoms with Gasteiger partial charge in [0.15, 0.2) is 5.82 Å². The van der Waals surface area contributed by atoms with Crippen molar-refractivity contribution in [3.05, 3.63) is 55.5 Å². The Hall–Kier alpha value is -4.14. The van der Waals surface area contributed by atoms with Crippen molar-refractivity contribution in [2.75, 3.05) is 17.6 Å². The zero-order chi connectivity index (χ0) is 28.4. The Morgan fingerprint density at radius 3 is 2.55 bits per heavy atom. The summed E-state index contributed by atoms with van der Waals surface area (Å²) >= 11 is 0. The van der Waals surface area contributed by atoms with Crippen molar-refractivity contribution < 1.29 is 13.5 Å². The summed E-state index contributed by atoms with van der Waals surface area (Å²) in [5.41, 5.74) is 3.40. The second kappa shape index (κ2) is 11.2. The van der Waals surface area contributed by atoms with Crippen LogP contribution in [0.4, 0.5) is 11.6 Å². The van der Waals surface area contributed by atoms with E-state index >= 15 is 0 Å². The first-order valence-corrected chi connectivity index (χ1v) is 14.6. The molecule has 5 aromatic rings. The first kappa shape index (κ1) is 27.4. The van der Waals surface area contributed by atoms with E-state index in [2.05, 4.69) is 60.4 Å². The molecule has 0 radical (unpaired) electrons. The van der Waals surface area contributed by atoms with E-state index in [4.69, 9.17) is 0 Å². The molecular formula is C26H32N10O3S. The van der Waals surface area contributed by atoms with Gasteiger partial charge in [0.05, 0.1) is 42.0 Å². The summed E-state index contributed by atoms with van der Waals surface area (Å²) in [7, 11) is -3.50. The van der Waals surface area contributed by atoms with Gasteiger partial charge in [-0.15, -0.1) is 0 Å².